The number of amides is 2. The maximum Gasteiger partial charge on any atom is 0.237 e. The van der Waals surface area contributed by atoms with E-state index in [0.717, 1.165) is 19.6 Å². The first-order valence-corrected chi connectivity index (χ1v) is 9.14. The van der Waals surface area contributed by atoms with Crippen LogP contribution in [0.2, 0.25) is 0 Å². The van der Waals surface area contributed by atoms with Crippen LogP contribution in [0, 0.1) is 11.3 Å². The zero-order valence-corrected chi connectivity index (χ0v) is 15.9. The van der Waals surface area contributed by atoms with E-state index in [-0.39, 0.29) is 11.8 Å². The van der Waals surface area contributed by atoms with Crippen LogP contribution in [-0.4, -0.2) is 54.3 Å². The number of nitrogens with zero attached hydrogens (tertiary/aromatic N) is 2. The number of carbonyl (C=O) groups excluding carboxylic acids is 2. The maximum absolute atomic E-state index is 12.8. The summed E-state index contributed by atoms with van der Waals surface area (Å²) in [6.45, 7) is 12.1. The standard InChI is InChI=1S/C20H31N3O2/c1-16(2)14-21-18(24)20(3,4)19(25)23-12-10-22(11-13-23)15-17-8-6-5-7-9-17/h5-9,16H,10-15H2,1-4H3,(H,21,24). The second-order valence-electron chi connectivity index (χ2n) is 7.78. The minimum atomic E-state index is -1.02. The van der Waals surface area contributed by atoms with E-state index in [1.165, 1.54) is 5.56 Å². The van der Waals surface area contributed by atoms with E-state index in [0.29, 0.717) is 25.6 Å². The van der Waals surface area contributed by atoms with Crippen molar-refractivity contribution in [2.45, 2.75) is 34.2 Å². The van der Waals surface area contributed by atoms with Gasteiger partial charge in [-0.1, -0.05) is 44.2 Å². The molecule has 1 fully saturated rings. The molecule has 1 heterocycles. The Morgan fingerprint density at radius 3 is 2.24 bits per heavy atom. The minimum absolute atomic E-state index is 0.0758. The lowest BCUT2D eigenvalue weighted by atomic mass is 9.89. The third-order valence-corrected chi connectivity index (χ3v) is 4.68. The van der Waals surface area contributed by atoms with Gasteiger partial charge in [0.25, 0.3) is 0 Å². The summed E-state index contributed by atoms with van der Waals surface area (Å²) in [5.74, 6) is 0.113. The Morgan fingerprint density at radius 1 is 1.08 bits per heavy atom. The van der Waals surface area contributed by atoms with Crippen molar-refractivity contribution < 1.29 is 9.59 Å². The van der Waals surface area contributed by atoms with Gasteiger partial charge in [-0.05, 0) is 25.3 Å². The second kappa shape index (κ2) is 8.48. The van der Waals surface area contributed by atoms with Gasteiger partial charge >= 0.3 is 0 Å². The van der Waals surface area contributed by atoms with E-state index < -0.39 is 5.41 Å². The number of rotatable bonds is 6. The van der Waals surface area contributed by atoms with Gasteiger partial charge in [0.05, 0.1) is 0 Å². The van der Waals surface area contributed by atoms with E-state index in [4.69, 9.17) is 0 Å². The molecule has 5 nitrogen and oxygen atoms in total. The Bertz CT molecular complexity index is 576. The van der Waals surface area contributed by atoms with Crippen LogP contribution >= 0.6 is 0 Å². The third-order valence-electron chi connectivity index (χ3n) is 4.68. The molecule has 1 aliphatic rings. The molecule has 1 aromatic carbocycles. The van der Waals surface area contributed by atoms with Gasteiger partial charge in [-0.15, -0.1) is 0 Å². The van der Waals surface area contributed by atoms with Gasteiger partial charge < -0.3 is 10.2 Å². The SMILES string of the molecule is CC(C)CNC(=O)C(C)(C)C(=O)N1CCN(Cc2ccccc2)CC1. The largest absolute Gasteiger partial charge is 0.355 e. The summed E-state index contributed by atoms with van der Waals surface area (Å²) in [4.78, 5) is 29.4. The molecule has 0 radical (unpaired) electrons. The summed E-state index contributed by atoms with van der Waals surface area (Å²) in [6, 6.07) is 10.4. The number of hydrogen-bond acceptors (Lipinski definition) is 3. The fourth-order valence-electron chi connectivity index (χ4n) is 2.96. The molecule has 0 aromatic heterocycles. The Labute approximate surface area is 151 Å². The van der Waals surface area contributed by atoms with Crippen molar-refractivity contribution in [1.29, 1.82) is 0 Å². The summed E-state index contributed by atoms with van der Waals surface area (Å²) >= 11 is 0. The van der Waals surface area contributed by atoms with E-state index in [2.05, 4.69) is 22.3 Å². The fraction of sp³-hybridized carbons (Fsp3) is 0.600. The van der Waals surface area contributed by atoms with Crippen LogP contribution in [0.4, 0.5) is 0 Å². The Morgan fingerprint density at radius 2 is 1.68 bits per heavy atom. The highest BCUT2D eigenvalue weighted by molar-refractivity contribution is 6.04. The minimum Gasteiger partial charge on any atom is -0.355 e. The highest BCUT2D eigenvalue weighted by Gasteiger charge is 2.39. The van der Waals surface area contributed by atoms with Gasteiger partial charge in [-0.25, -0.2) is 0 Å². The van der Waals surface area contributed by atoms with Crippen LogP contribution in [0.3, 0.4) is 0 Å². The number of benzene rings is 1. The Kier molecular flexibility index (Phi) is 6.59. The molecular weight excluding hydrogens is 314 g/mol. The number of nitrogens with one attached hydrogen (secondary N) is 1. The molecule has 1 saturated heterocycles. The summed E-state index contributed by atoms with van der Waals surface area (Å²) < 4.78 is 0. The van der Waals surface area contributed by atoms with Gasteiger partial charge in [0, 0.05) is 39.3 Å². The predicted octanol–water partition coefficient (Wildman–Crippen LogP) is 2.13. The molecule has 0 saturated carbocycles. The first-order valence-electron chi connectivity index (χ1n) is 9.14. The summed E-state index contributed by atoms with van der Waals surface area (Å²) in [5, 5.41) is 2.89. The average molecular weight is 345 g/mol. The van der Waals surface area contributed by atoms with E-state index in [1.807, 2.05) is 36.9 Å². The molecule has 2 amide bonds. The van der Waals surface area contributed by atoms with Crippen molar-refractivity contribution in [2.75, 3.05) is 32.7 Å². The Balaban J connectivity index is 1.86. The van der Waals surface area contributed by atoms with Gasteiger partial charge in [-0.3, -0.25) is 14.5 Å². The van der Waals surface area contributed by atoms with Gasteiger partial charge in [0.2, 0.25) is 11.8 Å². The van der Waals surface area contributed by atoms with Crippen molar-refractivity contribution in [2.24, 2.45) is 11.3 Å². The molecule has 0 unspecified atom stereocenters. The first kappa shape index (κ1) is 19.4. The number of hydrogen-bond donors (Lipinski definition) is 1. The molecular formula is C20H31N3O2. The summed E-state index contributed by atoms with van der Waals surface area (Å²) in [6.07, 6.45) is 0. The van der Waals surface area contributed by atoms with Gasteiger partial charge in [0.1, 0.15) is 5.41 Å². The fourth-order valence-corrected chi connectivity index (χ4v) is 2.96. The van der Waals surface area contributed by atoms with Crippen LogP contribution in [-0.2, 0) is 16.1 Å². The zero-order valence-electron chi connectivity index (χ0n) is 15.9. The molecule has 1 N–H and O–H groups in total. The van der Waals surface area contributed by atoms with Crippen LogP contribution in [0.25, 0.3) is 0 Å². The van der Waals surface area contributed by atoms with Crippen molar-refractivity contribution in [3.8, 4) is 0 Å². The van der Waals surface area contributed by atoms with Gasteiger partial charge in [-0.2, -0.15) is 0 Å². The molecule has 5 heteroatoms. The van der Waals surface area contributed by atoms with E-state index in [1.54, 1.807) is 13.8 Å². The van der Waals surface area contributed by atoms with Crippen LogP contribution in [0.15, 0.2) is 30.3 Å². The topological polar surface area (TPSA) is 52.7 Å². The van der Waals surface area contributed by atoms with Crippen molar-refractivity contribution in [3.63, 3.8) is 0 Å². The predicted molar refractivity (Wildman–Crippen MR) is 99.9 cm³/mol. The van der Waals surface area contributed by atoms with Crippen LogP contribution < -0.4 is 5.32 Å². The highest BCUT2D eigenvalue weighted by Crippen LogP contribution is 2.21. The molecule has 2 rings (SSSR count). The summed E-state index contributed by atoms with van der Waals surface area (Å²) in [7, 11) is 0. The second-order valence-corrected chi connectivity index (χ2v) is 7.78. The van der Waals surface area contributed by atoms with E-state index >= 15 is 0 Å². The van der Waals surface area contributed by atoms with E-state index in [9.17, 15) is 9.59 Å². The first-order chi connectivity index (χ1) is 11.8. The molecule has 138 valence electrons. The Hall–Kier alpha value is -1.88. The summed E-state index contributed by atoms with van der Waals surface area (Å²) in [5.41, 5.74) is 0.270. The normalized spacial score (nSPS) is 16.1. The van der Waals surface area contributed by atoms with Gasteiger partial charge in [0.15, 0.2) is 0 Å². The third kappa shape index (κ3) is 5.30. The molecule has 0 spiro atoms. The maximum atomic E-state index is 12.8. The van der Waals surface area contributed by atoms with Crippen molar-refractivity contribution in [3.05, 3.63) is 35.9 Å². The molecule has 1 aromatic rings. The molecule has 0 bridgehead atoms. The zero-order chi connectivity index (χ0) is 18.4. The average Bonchev–Trinajstić information content (AvgIpc) is 2.60. The van der Waals surface area contributed by atoms with Crippen molar-refractivity contribution >= 4 is 11.8 Å². The highest BCUT2D eigenvalue weighted by atomic mass is 16.2. The quantitative estimate of drug-likeness (QED) is 0.804. The molecule has 25 heavy (non-hydrogen) atoms. The molecule has 0 atom stereocenters. The lowest BCUT2D eigenvalue weighted by molar-refractivity contribution is -0.150. The lowest BCUT2D eigenvalue weighted by Gasteiger charge is -2.38. The van der Waals surface area contributed by atoms with Crippen molar-refractivity contribution in [1.82, 2.24) is 15.1 Å². The number of piperazine rings is 1. The monoisotopic (exact) mass is 345 g/mol. The van der Waals surface area contributed by atoms with Crippen LogP contribution in [0.1, 0.15) is 33.3 Å². The lowest BCUT2D eigenvalue weighted by Crippen LogP contribution is -2.55. The van der Waals surface area contributed by atoms with Crippen LogP contribution in [0.5, 0.6) is 0 Å². The number of carbonyl (C=O) groups is 2. The molecule has 1 aliphatic heterocycles. The smallest absolute Gasteiger partial charge is 0.237 e. The molecule has 0 aliphatic carbocycles.